The lowest BCUT2D eigenvalue weighted by Gasteiger charge is -2.27. The highest BCUT2D eigenvalue weighted by Gasteiger charge is 2.43. The maximum atomic E-state index is 9.90. The van der Waals surface area contributed by atoms with Gasteiger partial charge in [-0.05, 0) is 18.2 Å². The molecule has 1 unspecified atom stereocenters. The zero-order valence-electron chi connectivity index (χ0n) is 11.2. The zero-order valence-corrected chi connectivity index (χ0v) is 11.2. The summed E-state index contributed by atoms with van der Waals surface area (Å²) in [5.41, 5.74) is 0.984. The van der Waals surface area contributed by atoms with Gasteiger partial charge in [-0.3, -0.25) is 0 Å². The molecular formula is C15H14O6. The molecule has 0 fully saturated rings. The van der Waals surface area contributed by atoms with Crippen molar-refractivity contribution >= 4 is 0 Å². The van der Waals surface area contributed by atoms with Gasteiger partial charge in [-0.2, -0.15) is 0 Å². The number of rotatable bonds is 2. The standard InChI is InChI=1S/C15H14O6/c1-20-15(8-2-3-11(17)13(19)4-8)7-10-12(18)5-9(16)6-14(10)21-15/h2-6,16-19H,7H2,1H3. The van der Waals surface area contributed by atoms with Gasteiger partial charge in [-0.15, -0.1) is 0 Å². The Labute approximate surface area is 120 Å². The molecule has 0 aliphatic carbocycles. The van der Waals surface area contributed by atoms with Crippen molar-refractivity contribution in [2.24, 2.45) is 0 Å². The van der Waals surface area contributed by atoms with Gasteiger partial charge in [0.2, 0.25) is 5.79 Å². The number of aromatic hydroxyl groups is 4. The Balaban J connectivity index is 2.08. The van der Waals surface area contributed by atoms with Gasteiger partial charge >= 0.3 is 0 Å². The molecule has 0 bridgehead atoms. The Morgan fingerprint density at radius 3 is 2.43 bits per heavy atom. The number of methoxy groups -OCH3 is 1. The van der Waals surface area contributed by atoms with E-state index >= 15 is 0 Å². The molecule has 0 amide bonds. The number of phenols is 4. The van der Waals surface area contributed by atoms with Gasteiger partial charge < -0.3 is 29.9 Å². The summed E-state index contributed by atoms with van der Waals surface area (Å²) in [4.78, 5) is 0. The van der Waals surface area contributed by atoms with E-state index in [4.69, 9.17) is 9.47 Å². The van der Waals surface area contributed by atoms with Crippen LogP contribution < -0.4 is 4.74 Å². The molecule has 0 saturated heterocycles. The number of hydrogen-bond donors (Lipinski definition) is 4. The summed E-state index contributed by atoms with van der Waals surface area (Å²) in [6, 6.07) is 6.83. The van der Waals surface area contributed by atoms with Gasteiger partial charge in [0.15, 0.2) is 11.5 Å². The third-order valence-corrected chi connectivity index (χ3v) is 3.60. The van der Waals surface area contributed by atoms with Crippen LogP contribution in [0.5, 0.6) is 28.7 Å². The third kappa shape index (κ3) is 2.00. The van der Waals surface area contributed by atoms with Crippen LogP contribution in [0.15, 0.2) is 30.3 Å². The molecule has 2 aromatic carbocycles. The van der Waals surface area contributed by atoms with Crippen LogP contribution in [-0.4, -0.2) is 27.5 Å². The normalized spacial score (nSPS) is 20.0. The molecule has 2 aromatic rings. The fraction of sp³-hybridized carbons (Fsp3) is 0.200. The molecule has 21 heavy (non-hydrogen) atoms. The number of fused-ring (bicyclic) bond motifs is 1. The van der Waals surface area contributed by atoms with E-state index in [9.17, 15) is 20.4 Å². The first kappa shape index (κ1) is 13.4. The lowest BCUT2D eigenvalue weighted by atomic mass is 9.98. The van der Waals surface area contributed by atoms with Crippen molar-refractivity contribution in [1.82, 2.24) is 0 Å². The summed E-state index contributed by atoms with van der Waals surface area (Å²) in [6.45, 7) is 0. The Hall–Kier alpha value is -2.60. The van der Waals surface area contributed by atoms with E-state index in [2.05, 4.69) is 0 Å². The van der Waals surface area contributed by atoms with Crippen molar-refractivity contribution in [3.8, 4) is 28.7 Å². The molecule has 4 N–H and O–H groups in total. The molecule has 0 spiro atoms. The van der Waals surface area contributed by atoms with E-state index in [1.165, 1.54) is 31.4 Å². The maximum absolute atomic E-state index is 9.90. The average Bonchev–Trinajstić information content (AvgIpc) is 2.82. The maximum Gasteiger partial charge on any atom is 0.241 e. The highest BCUT2D eigenvalue weighted by atomic mass is 16.7. The summed E-state index contributed by atoms with van der Waals surface area (Å²) < 4.78 is 11.2. The number of phenolic OH excluding ortho intramolecular Hbond substituents is 4. The predicted molar refractivity (Wildman–Crippen MR) is 72.6 cm³/mol. The minimum atomic E-state index is -1.24. The van der Waals surface area contributed by atoms with E-state index in [1.807, 2.05) is 0 Å². The Kier molecular flexibility index (Phi) is 2.84. The van der Waals surface area contributed by atoms with Crippen LogP contribution in [0.1, 0.15) is 11.1 Å². The molecule has 1 aliphatic heterocycles. The molecule has 0 radical (unpaired) electrons. The van der Waals surface area contributed by atoms with E-state index in [0.29, 0.717) is 16.9 Å². The first-order chi connectivity index (χ1) is 9.95. The first-order valence-corrected chi connectivity index (χ1v) is 6.26. The summed E-state index contributed by atoms with van der Waals surface area (Å²) >= 11 is 0. The van der Waals surface area contributed by atoms with Gasteiger partial charge in [-0.25, -0.2) is 0 Å². The van der Waals surface area contributed by atoms with Crippen molar-refractivity contribution < 1.29 is 29.9 Å². The average molecular weight is 290 g/mol. The highest BCUT2D eigenvalue weighted by Crippen LogP contribution is 2.48. The molecule has 3 rings (SSSR count). The van der Waals surface area contributed by atoms with Crippen LogP contribution in [0.3, 0.4) is 0 Å². The monoisotopic (exact) mass is 290 g/mol. The van der Waals surface area contributed by atoms with Crippen LogP contribution in [0.25, 0.3) is 0 Å². The van der Waals surface area contributed by atoms with Crippen molar-refractivity contribution in [2.45, 2.75) is 12.2 Å². The van der Waals surface area contributed by atoms with Crippen LogP contribution in [0, 0.1) is 0 Å². The van der Waals surface area contributed by atoms with Crippen LogP contribution in [0.4, 0.5) is 0 Å². The second-order valence-corrected chi connectivity index (χ2v) is 4.88. The van der Waals surface area contributed by atoms with Crippen LogP contribution in [0.2, 0.25) is 0 Å². The fourth-order valence-corrected chi connectivity index (χ4v) is 2.48. The molecular weight excluding hydrogens is 276 g/mol. The molecule has 0 saturated carbocycles. The predicted octanol–water partition coefficient (Wildman–Crippen LogP) is 1.94. The Morgan fingerprint density at radius 1 is 1.00 bits per heavy atom. The van der Waals surface area contributed by atoms with E-state index < -0.39 is 5.79 Å². The molecule has 6 nitrogen and oxygen atoms in total. The van der Waals surface area contributed by atoms with Crippen LogP contribution >= 0.6 is 0 Å². The van der Waals surface area contributed by atoms with Crippen molar-refractivity contribution in [3.05, 3.63) is 41.5 Å². The van der Waals surface area contributed by atoms with Gasteiger partial charge in [0.1, 0.15) is 17.2 Å². The summed E-state index contributed by atoms with van der Waals surface area (Å²) in [7, 11) is 1.44. The lowest BCUT2D eigenvalue weighted by Crippen LogP contribution is -2.33. The third-order valence-electron chi connectivity index (χ3n) is 3.60. The van der Waals surface area contributed by atoms with E-state index in [0.717, 1.165) is 0 Å². The summed E-state index contributed by atoms with van der Waals surface area (Å²) in [5.74, 6) is -1.68. The largest absolute Gasteiger partial charge is 0.508 e. The van der Waals surface area contributed by atoms with Crippen molar-refractivity contribution in [1.29, 1.82) is 0 Å². The van der Waals surface area contributed by atoms with E-state index in [1.54, 1.807) is 6.07 Å². The first-order valence-electron chi connectivity index (χ1n) is 6.26. The van der Waals surface area contributed by atoms with Gasteiger partial charge in [0.05, 0.1) is 6.42 Å². The molecule has 110 valence electrons. The summed E-state index contributed by atoms with van der Waals surface area (Å²) in [6.07, 6.45) is 0.204. The minimum absolute atomic E-state index is 0.0908. The second-order valence-electron chi connectivity index (χ2n) is 4.88. The Bertz CT molecular complexity index is 712. The molecule has 0 aromatic heterocycles. The topological polar surface area (TPSA) is 99.4 Å². The number of benzene rings is 2. The highest BCUT2D eigenvalue weighted by molar-refractivity contribution is 5.54. The molecule has 1 atom stereocenters. The van der Waals surface area contributed by atoms with Gasteiger partial charge in [-0.1, -0.05) is 0 Å². The quantitative estimate of drug-likeness (QED) is 0.631. The molecule has 1 heterocycles. The second kappa shape index (κ2) is 4.46. The molecule has 1 aliphatic rings. The molecule has 6 heteroatoms. The lowest BCUT2D eigenvalue weighted by molar-refractivity contribution is -0.157. The summed E-state index contributed by atoms with van der Waals surface area (Å²) in [5, 5.41) is 38.4. The van der Waals surface area contributed by atoms with Crippen LogP contribution in [-0.2, 0) is 16.9 Å². The Morgan fingerprint density at radius 2 is 1.76 bits per heavy atom. The SMILES string of the molecule is COC1(c2ccc(O)c(O)c2)Cc2c(O)cc(O)cc2O1. The minimum Gasteiger partial charge on any atom is -0.508 e. The fourth-order valence-electron chi connectivity index (χ4n) is 2.48. The van der Waals surface area contributed by atoms with Crippen molar-refractivity contribution in [2.75, 3.05) is 7.11 Å². The zero-order chi connectivity index (χ0) is 15.2. The smallest absolute Gasteiger partial charge is 0.241 e. The number of hydrogen-bond acceptors (Lipinski definition) is 6. The van der Waals surface area contributed by atoms with E-state index in [-0.39, 0.29) is 29.4 Å². The van der Waals surface area contributed by atoms with Gasteiger partial charge in [0, 0.05) is 30.4 Å². The number of ether oxygens (including phenoxy) is 2. The van der Waals surface area contributed by atoms with Crippen molar-refractivity contribution in [3.63, 3.8) is 0 Å². The van der Waals surface area contributed by atoms with Gasteiger partial charge in [0.25, 0.3) is 0 Å².